The van der Waals surface area contributed by atoms with E-state index in [1.54, 1.807) is 12.1 Å². The highest BCUT2D eigenvalue weighted by atomic mass is 32.2. The van der Waals surface area contributed by atoms with Crippen molar-refractivity contribution in [2.24, 2.45) is 16.1 Å². The van der Waals surface area contributed by atoms with Crippen molar-refractivity contribution < 1.29 is 22.3 Å². The fraction of sp³-hybridized carbons (Fsp3) is 0.250. The topological polar surface area (TPSA) is 140 Å². The molecule has 2 aromatic carbocycles. The third-order valence-corrected chi connectivity index (χ3v) is 7.01. The van der Waals surface area contributed by atoms with Crippen molar-refractivity contribution in [3.63, 3.8) is 0 Å². The number of amidine groups is 1. The van der Waals surface area contributed by atoms with E-state index < -0.39 is 15.0 Å². The van der Waals surface area contributed by atoms with Crippen LogP contribution in [0.5, 0.6) is 5.75 Å². The highest BCUT2D eigenvalue weighted by molar-refractivity contribution is 8.15. The van der Waals surface area contributed by atoms with Gasteiger partial charge in [0.15, 0.2) is 10.9 Å². The van der Waals surface area contributed by atoms with E-state index in [1.807, 2.05) is 20.8 Å². The molecule has 168 valence electrons. The molecule has 0 saturated carbocycles. The van der Waals surface area contributed by atoms with Gasteiger partial charge in [0.25, 0.3) is 5.69 Å². The number of carbonyl (C=O) groups excluding carboxylic acids is 1. The van der Waals surface area contributed by atoms with Crippen molar-refractivity contribution in [1.82, 2.24) is 5.32 Å². The first-order valence-corrected chi connectivity index (χ1v) is 11.7. The normalized spacial score (nSPS) is 17.8. The van der Waals surface area contributed by atoms with E-state index in [0.29, 0.717) is 10.7 Å². The average molecular weight is 477 g/mol. The molecule has 1 amide bonds. The predicted octanol–water partition coefficient (Wildman–Crippen LogP) is 3.25. The number of nitrogens with one attached hydrogen (secondary N) is 1. The maximum Gasteiger partial charge on any atom is 0.339 e. The van der Waals surface area contributed by atoms with Crippen molar-refractivity contribution in [1.29, 1.82) is 0 Å². The number of amides is 1. The van der Waals surface area contributed by atoms with Gasteiger partial charge in [-0.05, 0) is 31.0 Å². The molecule has 0 spiro atoms. The largest absolute Gasteiger partial charge is 0.378 e. The Morgan fingerprint density at radius 3 is 2.66 bits per heavy atom. The third-order valence-electron chi connectivity index (χ3n) is 4.36. The fourth-order valence-electron chi connectivity index (χ4n) is 2.77. The molecule has 1 atom stereocenters. The first-order chi connectivity index (χ1) is 15.1. The molecule has 2 aromatic rings. The van der Waals surface area contributed by atoms with E-state index in [4.69, 9.17) is 4.18 Å². The number of hydrogen-bond donors (Lipinski definition) is 1. The van der Waals surface area contributed by atoms with Gasteiger partial charge in [-0.15, -0.1) is 5.10 Å². The zero-order chi connectivity index (χ0) is 23.5. The Kier molecular flexibility index (Phi) is 6.94. The first-order valence-electron chi connectivity index (χ1n) is 9.45. The Hall–Kier alpha value is -3.25. The third kappa shape index (κ3) is 5.51. The zero-order valence-electron chi connectivity index (χ0n) is 17.4. The van der Waals surface area contributed by atoms with Crippen molar-refractivity contribution in [3.8, 4) is 5.75 Å². The van der Waals surface area contributed by atoms with Crippen LogP contribution in [0.15, 0.2) is 57.6 Å². The first kappa shape index (κ1) is 23.4. The summed E-state index contributed by atoms with van der Waals surface area (Å²) in [6, 6.07) is 9.35. The molecule has 1 N–H and O–H groups in total. The van der Waals surface area contributed by atoms with Crippen molar-refractivity contribution >= 4 is 44.9 Å². The SMILES string of the molecule is Cc1ccc(OS(=O)(=O)c2cccc([N+](=O)[O-])c2)c(C=NN=C2NC(=O)[C@H](C(C)C)S2)c1. The summed E-state index contributed by atoms with van der Waals surface area (Å²) in [5.74, 6) is -0.0247. The van der Waals surface area contributed by atoms with Crippen LogP contribution in [0.4, 0.5) is 5.69 Å². The van der Waals surface area contributed by atoms with Gasteiger partial charge in [0, 0.05) is 17.7 Å². The molecular formula is C20H20N4O6S2. The van der Waals surface area contributed by atoms with Gasteiger partial charge < -0.3 is 9.50 Å². The Balaban J connectivity index is 1.85. The van der Waals surface area contributed by atoms with Crippen molar-refractivity contribution in [2.45, 2.75) is 30.9 Å². The summed E-state index contributed by atoms with van der Waals surface area (Å²) in [7, 11) is -4.33. The van der Waals surface area contributed by atoms with Crippen LogP contribution in [0.2, 0.25) is 0 Å². The summed E-state index contributed by atoms with van der Waals surface area (Å²) >= 11 is 1.27. The second-order valence-corrected chi connectivity index (χ2v) is 9.93. The number of thioether (sulfide) groups is 1. The number of nitrogens with zero attached hydrogens (tertiary/aromatic N) is 3. The molecule has 0 aromatic heterocycles. The minimum atomic E-state index is -4.33. The monoisotopic (exact) mass is 476 g/mol. The Labute approximate surface area is 189 Å². The minimum Gasteiger partial charge on any atom is -0.378 e. The minimum absolute atomic E-state index is 0.0192. The van der Waals surface area contributed by atoms with Gasteiger partial charge in [-0.25, -0.2) is 0 Å². The molecule has 0 bridgehead atoms. The molecule has 1 aliphatic rings. The van der Waals surface area contributed by atoms with E-state index in [-0.39, 0.29) is 33.4 Å². The maximum absolute atomic E-state index is 12.7. The number of nitro benzene ring substituents is 1. The predicted molar refractivity (Wildman–Crippen MR) is 121 cm³/mol. The summed E-state index contributed by atoms with van der Waals surface area (Å²) in [6.07, 6.45) is 1.31. The molecule has 10 nitrogen and oxygen atoms in total. The molecule has 0 aliphatic carbocycles. The van der Waals surface area contributed by atoms with Crippen LogP contribution in [-0.2, 0) is 14.9 Å². The number of aryl methyl sites for hydroxylation is 1. The molecular weight excluding hydrogens is 456 g/mol. The second-order valence-electron chi connectivity index (χ2n) is 7.25. The van der Waals surface area contributed by atoms with Gasteiger partial charge in [0.2, 0.25) is 5.91 Å². The standard InChI is InChI=1S/C20H20N4O6S2/c1-12(2)18-19(25)22-20(31-18)23-21-11-14-9-13(3)7-8-17(14)30-32(28,29)16-6-4-5-15(10-16)24(26)27/h4-12,18H,1-3H3,(H,22,23,25)/t18-/m0/s1. The van der Waals surface area contributed by atoms with Crippen LogP contribution in [0.25, 0.3) is 0 Å². The van der Waals surface area contributed by atoms with Crippen LogP contribution in [0, 0.1) is 23.0 Å². The number of carbonyl (C=O) groups is 1. The van der Waals surface area contributed by atoms with E-state index >= 15 is 0 Å². The highest BCUT2D eigenvalue weighted by Gasteiger charge is 2.32. The molecule has 0 unspecified atom stereocenters. The number of non-ortho nitro benzene ring substituents is 1. The molecule has 1 saturated heterocycles. The van der Waals surface area contributed by atoms with Crippen LogP contribution in [-0.4, -0.2) is 35.9 Å². The van der Waals surface area contributed by atoms with Crippen LogP contribution >= 0.6 is 11.8 Å². The summed E-state index contributed by atoms with van der Waals surface area (Å²) in [5, 5.41) is 21.7. The van der Waals surface area contributed by atoms with Crippen molar-refractivity contribution in [3.05, 3.63) is 63.7 Å². The van der Waals surface area contributed by atoms with Gasteiger partial charge in [-0.1, -0.05) is 43.3 Å². The van der Waals surface area contributed by atoms with Gasteiger partial charge in [0.05, 0.1) is 16.4 Å². The Morgan fingerprint density at radius 2 is 2.00 bits per heavy atom. The Bertz CT molecular complexity index is 1220. The lowest BCUT2D eigenvalue weighted by Gasteiger charge is -2.10. The van der Waals surface area contributed by atoms with E-state index in [1.165, 1.54) is 42.2 Å². The Morgan fingerprint density at radius 1 is 1.25 bits per heavy atom. The quantitative estimate of drug-likeness (QED) is 0.280. The number of nitro groups is 1. The van der Waals surface area contributed by atoms with E-state index in [2.05, 4.69) is 15.5 Å². The van der Waals surface area contributed by atoms with Gasteiger partial charge >= 0.3 is 10.1 Å². The lowest BCUT2D eigenvalue weighted by Crippen LogP contribution is -2.27. The molecule has 0 radical (unpaired) electrons. The molecule has 1 aliphatic heterocycles. The number of benzene rings is 2. The average Bonchev–Trinajstić information content (AvgIpc) is 3.10. The molecule has 3 rings (SSSR count). The van der Waals surface area contributed by atoms with E-state index in [9.17, 15) is 23.3 Å². The maximum atomic E-state index is 12.7. The molecule has 1 fully saturated rings. The van der Waals surface area contributed by atoms with Crippen molar-refractivity contribution in [2.75, 3.05) is 0 Å². The zero-order valence-corrected chi connectivity index (χ0v) is 19.0. The van der Waals surface area contributed by atoms with Gasteiger partial charge in [-0.3, -0.25) is 14.9 Å². The second kappa shape index (κ2) is 9.49. The summed E-state index contributed by atoms with van der Waals surface area (Å²) in [5.41, 5.74) is 0.785. The fourth-order valence-corrected chi connectivity index (χ4v) is 4.70. The summed E-state index contributed by atoms with van der Waals surface area (Å²) in [4.78, 5) is 21.8. The number of hydrogen-bond acceptors (Lipinski definition) is 9. The molecule has 32 heavy (non-hydrogen) atoms. The lowest BCUT2D eigenvalue weighted by atomic mass is 10.1. The smallest absolute Gasteiger partial charge is 0.339 e. The lowest BCUT2D eigenvalue weighted by molar-refractivity contribution is -0.385. The highest BCUT2D eigenvalue weighted by Crippen LogP contribution is 2.27. The summed E-state index contributed by atoms with van der Waals surface area (Å²) in [6.45, 7) is 5.67. The van der Waals surface area contributed by atoms with E-state index in [0.717, 1.165) is 11.6 Å². The summed E-state index contributed by atoms with van der Waals surface area (Å²) < 4.78 is 30.6. The van der Waals surface area contributed by atoms with Gasteiger partial charge in [-0.2, -0.15) is 13.5 Å². The molecule has 1 heterocycles. The number of rotatable bonds is 7. The van der Waals surface area contributed by atoms with Gasteiger partial charge in [0.1, 0.15) is 4.90 Å². The van der Waals surface area contributed by atoms with Crippen LogP contribution < -0.4 is 9.50 Å². The van der Waals surface area contributed by atoms with Crippen LogP contribution in [0.3, 0.4) is 0 Å². The van der Waals surface area contributed by atoms with Crippen LogP contribution in [0.1, 0.15) is 25.0 Å². The molecule has 12 heteroatoms.